The molecule has 18 heavy (non-hydrogen) atoms. The maximum Gasteiger partial charge on any atom is 0.310 e. The maximum absolute atomic E-state index is 11.0. The predicted octanol–water partition coefficient (Wildman–Crippen LogP) is 0.810. The molecule has 0 aliphatic heterocycles. The van der Waals surface area contributed by atoms with E-state index in [0.29, 0.717) is 0 Å². The van der Waals surface area contributed by atoms with Crippen LogP contribution in [0.25, 0.3) is 0 Å². The third kappa shape index (κ3) is 3.70. The summed E-state index contributed by atoms with van der Waals surface area (Å²) < 4.78 is 5.28. The maximum atomic E-state index is 11.0. The lowest BCUT2D eigenvalue weighted by Gasteiger charge is -2.19. The smallest absolute Gasteiger partial charge is 0.310 e. The van der Waals surface area contributed by atoms with Crippen LogP contribution in [0.3, 0.4) is 0 Å². The van der Waals surface area contributed by atoms with Crippen molar-refractivity contribution in [3.05, 3.63) is 33.9 Å². The number of nitro benzene ring substituents is 1. The Morgan fingerprint density at radius 2 is 2.11 bits per heavy atom. The van der Waals surface area contributed by atoms with Crippen LogP contribution in [-0.2, 0) is 0 Å². The summed E-state index contributed by atoms with van der Waals surface area (Å²) >= 11 is 0. The van der Waals surface area contributed by atoms with E-state index in [2.05, 4.69) is 0 Å². The van der Waals surface area contributed by atoms with Gasteiger partial charge in [-0.05, 0) is 19.9 Å². The van der Waals surface area contributed by atoms with Gasteiger partial charge < -0.3 is 16.2 Å². The van der Waals surface area contributed by atoms with Crippen molar-refractivity contribution in [1.29, 1.82) is 0 Å². The fourth-order valence-corrected chi connectivity index (χ4v) is 1.20. The molecule has 7 heteroatoms. The summed E-state index contributed by atoms with van der Waals surface area (Å²) in [6.45, 7) is 3.52. The van der Waals surface area contributed by atoms with E-state index in [4.69, 9.17) is 16.2 Å². The Morgan fingerprint density at radius 1 is 1.50 bits per heavy atom. The van der Waals surface area contributed by atoms with E-state index >= 15 is 0 Å². The van der Waals surface area contributed by atoms with Crippen LogP contribution in [0.2, 0.25) is 0 Å². The van der Waals surface area contributed by atoms with E-state index in [1.165, 1.54) is 18.2 Å². The molecule has 0 radical (unpaired) electrons. The molecule has 0 saturated heterocycles. The number of carbonyl (C=O) groups excluding carboxylic acids is 1. The molecule has 0 aliphatic carbocycles. The first kappa shape index (κ1) is 13.9. The summed E-state index contributed by atoms with van der Waals surface area (Å²) in [5.41, 5.74) is 10.1. The Kier molecular flexibility index (Phi) is 3.87. The van der Waals surface area contributed by atoms with Gasteiger partial charge in [-0.1, -0.05) is 0 Å². The molecule has 7 nitrogen and oxygen atoms in total. The van der Waals surface area contributed by atoms with Crippen LogP contribution in [0, 0.1) is 10.1 Å². The molecule has 0 saturated carbocycles. The number of nitrogens with zero attached hydrogens (tertiary/aromatic N) is 1. The van der Waals surface area contributed by atoms with Gasteiger partial charge in [-0.15, -0.1) is 0 Å². The number of hydrogen-bond donors (Lipinski definition) is 2. The second-order valence-corrected chi connectivity index (χ2v) is 4.58. The van der Waals surface area contributed by atoms with Crippen molar-refractivity contribution >= 4 is 11.6 Å². The van der Waals surface area contributed by atoms with Gasteiger partial charge in [0.05, 0.1) is 4.92 Å². The first-order chi connectivity index (χ1) is 8.20. The van der Waals surface area contributed by atoms with Crippen molar-refractivity contribution in [3.63, 3.8) is 0 Å². The van der Waals surface area contributed by atoms with Gasteiger partial charge in [-0.2, -0.15) is 0 Å². The molecule has 0 heterocycles. The standard InChI is InChI=1S/C11H15N3O4/c1-11(2,13)6-18-9-5-7(10(12)15)3-4-8(9)14(16)17/h3-5H,6,13H2,1-2H3,(H2,12,15). The summed E-state index contributed by atoms with van der Waals surface area (Å²) in [5, 5.41) is 10.8. The largest absolute Gasteiger partial charge is 0.485 e. The van der Waals surface area contributed by atoms with Crippen LogP contribution in [0.15, 0.2) is 18.2 Å². The fraction of sp³-hybridized carbons (Fsp3) is 0.364. The summed E-state index contributed by atoms with van der Waals surface area (Å²) in [6.07, 6.45) is 0. The summed E-state index contributed by atoms with van der Waals surface area (Å²) in [5.74, 6) is -0.698. The zero-order valence-electron chi connectivity index (χ0n) is 10.2. The molecule has 0 bridgehead atoms. The number of rotatable bonds is 5. The third-order valence-electron chi connectivity index (χ3n) is 2.04. The first-order valence-corrected chi connectivity index (χ1v) is 5.20. The Morgan fingerprint density at radius 3 is 2.56 bits per heavy atom. The molecule has 1 rings (SSSR count). The van der Waals surface area contributed by atoms with Crippen molar-refractivity contribution in [3.8, 4) is 5.75 Å². The summed E-state index contributed by atoms with van der Waals surface area (Å²) in [7, 11) is 0. The number of nitrogens with two attached hydrogens (primary N) is 2. The molecular formula is C11H15N3O4. The lowest BCUT2D eigenvalue weighted by molar-refractivity contribution is -0.385. The zero-order valence-corrected chi connectivity index (χ0v) is 10.2. The lowest BCUT2D eigenvalue weighted by atomic mass is 10.1. The van der Waals surface area contributed by atoms with Crippen molar-refractivity contribution < 1.29 is 14.5 Å². The van der Waals surface area contributed by atoms with E-state index in [-0.39, 0.29) is 23.6 Å². The van der Waals surface area contributed by atoms with Gasteiger partial charge in [0.15, 0.2) is 5.75 Å². The second kappa shape index (κ2) is 5.01. The molecule has 1 aromatic rings. The number of amides is 1. The van der Waals surface area contributed by atoms with Gasteiger partial charge in [-0.3, -0.25) is 14.9 Å². The highest BCUT2D eigenvalue weighted by molar-refractivity contribution is 5.93. The number of ether oxygens (including phenoxy) is 1. The summed E-state index contributed by atoms with van der Waals surface area (Å²) in [4.78, 5) is 21.2. The van der Waals surface area contributed by atoms with Gasteiger partial charge in [0.2, 0.25) is 5.91 Å². The highest BCUT2D eigenvalue weighted by Crippen LogP contribution is 2.28. The molecule has 0 atom stereocenters. The quantitative estimate of drug-likeness (QED) is 0.594. The molecule has 4 N–H and O–H groups in total. The average molecular weight is 253 g/mol. The average Bonchev–Trinajstić information content (AvgIpc) is 2.24. The Labute approximate surface area is 104 Å². The Balaban J connectivity index is 3.08. The van der Waals surface area contributed by atoms with Crippen molar-refractivity contribution in [2.75, 3.05) is 6.61 Å². The van der Waals surface area contributed by atoms with E-state index in [9.17, 15) is 14.9 Å². The highest BCUT2D eigenvalue weighted by atomic mass is 16.6. The molecular weight excluding hydrogens is 238 g/mol. The highest BCUT2D eigenvalue weighted by Gasteiger charge is 2.20. The number of primary amides is 1. The number of nitro groups is 1. The van der Waals surface area contributed by atoms with Gasteiger partial charge >= 0.3 is 5.69 Å². The second-order valence-electron chi connectivity index (χ2n) is 4.58. The van der Waals surface area contributed by atoms with Crippen LogP contribution in [-0.4, -0.2) is 23.0 Å². The first-order valence-electron chi connectivity index (χ1n) is 5.20. The normalized spacial score (nSPS) is 11.1. The van der Waals surface area contributed by atoms with Crippen molar-refractivity contribution in [1.82, 2.24) is 0 Å². The molecule has 1 amide bonds. The van der Waals surface area contributed by atoms with E-state index in [1.54, 1.807) is 13.8 Å². The zero-order chi connectivity index (χ0) is 13.9. The molecule has 0 unspecified atom stereocenters. The van der Waals surface area contributed by atoms with Crippen LogP contribution in [0.5, 0.6) is 5.75 Å². The van der Waals surface area contributed by atoms with Crippen LogP contribution < -0.4 is 16.2 Å². The van der Waals surface area contributed by atoms with E-state index in [1.807, 2.05) is 0 Å². The topological polar surface area (TPSA) is 121 Å². The van der Waals surface area contributed by atoms with E-state index < -0.39 is 16.4 Å². The third-order valence-corrected chi connectivity index (χ3v) is 2.04. The van der Waals surface area contributed by atoms with E-state index in [0.717, 1.165) is 0 Å². The molecule has 0 aromatic heterocycles. The molecule has 0 fully saturated rings. The number of carbonyl (C=O) groups is 1. The minimum absolute atomic E-state index is 0.0187. The van der Waals surface area contributed by atoms with Gasteiger partial charge in [0, 0.05) is 23.2 Å². The van der Waals surface area contributed by atoms with Gasteiger partial charge in [0.1, 0.15) is 6.61 Å². The van der Waals surface area contributed by atoms with Gasteiger partial charge in [-0.25, -0.2) is 0 Å². The lowest BCUT2D eigenvalue weighted by Crippen LogP contribution is -2.38. The predicted molar refractivity (Wildman–Crippen MR) is 65.4 cm³/mol. The molecule has 1 aromatic carbocycles. The Hall–Kier alpha value is -2.15. The minimum Gasteiger partial charge on any atom is -0.485 e. The SMILES string of the molecule is CC(C)(N)COc1cc(C(N)=O)ccc1[N+](=O)[O-]. The molecule has 0 spiro atoms. The van der Waals surface area contributed by atoms with Crippen LogP contribution in [0.4, 0.5) is 5.69 Å². The van der Waals surface area contributed by atoms with Crippen LogP contribution >= 0.6 is 0 Å². The molecule has 0 aliphatic rings. The fourth-order valence-electron chi connectivity index (χ4n) is 1.20. The van der Waals surface area contributed by atoms with Crippen molar-refractivity contribution in [2.24, 2.45) is 11.5 Å². The number of benzene rings is 1. The Bertz CT molecular complexity index is 480. The van der Waals surface area contributed by atoms with Gasteiger partial charge in [0.25, 0.3) is 0 Å². The molecule has 98 valence electrons. The minimum atomic E-state index is -0.679. The monoisotopic (exact) mass is 253 g/mol. The van der Waals surface area contributed by atoms with Crippen LogP contribution in [0.1, 0.15) is 24.2 Å². The van der Waals surface area contributed by atoms with Crippen molar-refractivity contribution in [2.45, 2.75) is 19.4 Å². The number of hydrogen-bond acceptors (Lipinski definition) is 5. The summed E-state index contributed by atoms with van der Waals surface area (Å²) in [6, 6.07) is 3.70.